The summed E-state index contributed by atoms with van der Waals surface area (Å²) in [6.07, 6.45) is -4.11. The van der Waals surface area contributed by atoms with Gasteiger partial charge in [-0.3, -0.25) is 19.2 Å². The highest BCUT2D eigenvalue weighted by Gasteiger charge is 2.30. The normalized spacial score (nSPS) is 11.8. The number of nitrogens with two attached hydrogens (primary N) is 3. The number of carbonyl (C=O) groups excluding carboxylic acids is 4. The maximum Gasteiger partial charge on any atom is 0.416 e. The molecule has 1 unspecified atom stereocenters. The van der Waals surface area contributed by atoms with Gasteiger partial charge in [-0.2, -0.15) is 13.2 Å². The van der Waals surface area contributed by atoms with Crippen molar-refractivity contribution in [2.75, 3.05) is 46.3 Å². The lowest BCUT2D eigenvalue weighted by atomic mass is 10.0. The second kappa shape index (κ2) is 22.4. The van der Waals surface area contributed by atoms with Crippen LogP contribution in [0.15, 0.2) is 54.6 Å². The zero-order valence-electron chi connectivity index (χ0n) is 25.3. The predicted molar refractivity (Wildman–Crippen MR) is 177 cm³/mol. The average Bonchev–Trinajstić information content (AvgIpc) is 2.98. The van der Waals surface area contributed by atoms with Crippen molar-refractivity contribution in [2.45, 2.75) is 37.5 Å². The van der Waals surface area contributed by atoms with Gasteiger partial charge in [0.2, 0.25) is 17.7 Å². The standard InChI is InChI=1S/C29H40F3N7O4.3ClH/c1-38(18-15-36-26(41)21-8-10-22(11-9-21)29(30,31)32)28(43)24(12-7-20-5-3-2-4-6-20)37-27(42)23(35)19-25(40)39(16-13-33)17-14-34;;;/h2-6,8-11,23-24H,7,12-19,33-35H2,1H3,(H,36,41)(H,37,42);3*1H/t23?,24-;;;/m0.../s1. The van der Waals surface area contributed by atoms with Gasteiger partial charge < -0.3 is 37.6 Å². The third kappa shape index (κ3) is 15.0. The second-order valence-electron chi connectivity index (χ2n) is 9.95. The molecule has 4 amide bonds. The lowest BCUT2D eigenvalue weighted by molar-refractivity contribution is -0.138. The molecule has 46 heavy (non-hydrogen) atoms. The van der Waals surface area contributed by atoms with Crippen molar-refractivity contribution in [3.63, 3.8) is 0 Å². The van der Waals surface area contributed by atoms with E-state index >= 15 is 0 Å². The van der Waals surface area contributed by atoms with Crippen LogP contribution in [0.4, 0.5) is 13.2 Å². The Labute approximate surface area is 285 Å². The van der Waals surface area contributed by atoms with Crippen LogP contribution in [-0.2, 0) is 27.0 Å². The Morgan fingerprint density at radius 3 is 1.96 bits per heavy atom. The highest BCUT2D eigenvalue weighted by Crippen LogP contribution is 2.29. The molecule has 0 aliphatic heterocycles. The molecule has 2 atom stereocenters. The van der Waals surface area contributed by atoms with Crippen LogP contribution >= 0.6 is 37.2 Å². The van der Waals surface area contributed by atoms with E-state index in [1.54, 1.807) is 0 Å². The predicted octanol–water partition coefficient (Wildman–Crippen LogP) is 1.74. The number of alkyl halides is 3. The Kier molecular flexibility index (Phi) is 21.9. The summed E-state index contributed by atoms with van der Waals surface area (Å²) < 4.78 is 38.3. The van der Waals surface area contributed by atoms with Crippen LogP contribution in [0, 0.1) is 0 Å². The molecule has 2 aromatic rings. The SMILES string of the molecule is CN(CCNC(=O)c1ccc(C(F)(F)F)cc1)C(=O)[C@H](CCc1ccccc1)NC(=O)C(N)CC(=O)N(CCN)CCN.Cl.Cl.Cl. The summed E-state index contributed by atoms with van der Waals surface area (Å²) in [4.78, 5) is 54.0. The molecule has 0 fully saturated rings. The van der Waals surface area contributed by atoms with E-state index in [9.17, 15) is 32.3 Å². The molecular weight excluding hydrogens is 674 g/mol. The van der Waals surface area contributed by atoms with E-state index in [0.29, 0.717) is 6.42 Å². The summed E-state index contributed by atoms with van der Waals surface area (Å²) in [5.41, 5.74) is 17.2. The van der Waals surface area contributed by atoms with Crippen LogP contribution in [0.5, 0.6) is 0 Å². The first-order valence-corrected chi connectivity index (χ1v) is 13.9. The maximum atomic E-state index is 13.3. The number of carbonyl (C=O) groups is 4. The van der Waals surface area contributed by atoms with E-state index in [-0.39, 0.29) is 101 Å². The minimum absolute atomic E-state index is 0. The number of rotatable bonds is 16. The van der Waals surface area contributed by atoms with Gasteiger partial charge in [-0.05, 0) is 42.7 Å². The molecule has 0 saturated heterocycles. The van der Waals surface area contributed by atoms with E-state index in [1.807, 2.05) is 30.3 Å². The third-order valence-electron chi connectivity index (χ3n) is 6.64. The molecule has 0 radical (unpaired) electrons. The Hall–Kier alpha value is -3.14. The number of hydrogen-bond donors (Lipinski definition) is 5. The summed E-state index contributed by atoms with van der Waals surface area (Å²) >= 11 is 0. The van der Waals surface area contributed by atoms with Gasteiger partial charge in [-0.1, -0.05) is 30.3 Å². The topological polar surface area (TPSA) is 177 Å². The Morgan fingerprint density at radius 1 is 0.870 bits per heavy atom. The fourth-order valence-electron chi connectivity index (χ4n) is 4.20. The Balaban J connectivity index is 0. The van der Waals surface area contributed by atoms with Crippen LogP contribution in [-0.4, -0.2) is 91.8 Å². The third-order valence-corrected chi connectivity index (χ3v) is 6.64. The first-order valence-electron chi connectivity index (χ1n) is 13.9. The zero-order valence-corrected chi connectivity index (χ0v) is 27.8. The number of hydrogen-bond acceptors (Lipinski definition) is 7. The lowest BCUT2D eigenvalue weighted by Gasteiger charge is -2.27. The molecule has 8 N–H and O–H groups in total. The molecule has 0 aliphatic rings. The quantitative estimate of drug-likeness (QED) is 0.176. The summed E-state index contributed by atoms with van der Waals surface area (Å²) in [6.45, 7) is 1.04. The molecule has 0 aliphatic carbocycles. The van der Waals surface area contributed by atoms with Crippen molar-refractivity contribution in [1.29, 1.82) is 0 Å². The second-order valence-corrected chi connectivity index (χ2v) is 9.95. The highest BCUT2D eigenvalue weighted by molar-refractivity contribution is 5.94. The number of nitrogens with zero attached hydrogens (tertiary/aromatic N) is 2. The molecular formula is C29H43Cl3F3N7O4. The van der Waals surface area contributed by atoms with Crippen LogP contribution in [0.25, 0.3) is 0 Å². The first-order chi connectivity index (χ1) is 20.4. The van der Waals surface area contributed by atoms with Crippen LogP contribution in [0.2, 0.25) is 0 Å². The smallest absolute Gasteiger partial charge is 0.350 e. The molecule has 2 rings (SSSR count). The molecule has 0 spiro atoms. The summed E-state index contributed by atoms with van der Waals surface area (Å²) in [5, 5.41) is 5.23. The van der Waals surface area contributed by atoms with E-state index in [4.69, 9.17) is 17.2 Å². The van der Waals surface area contributed by atoms with Crippen molar-refractivity contribution in [3.05, 3.63) is 71.3 Å². The summed E-state index contributed by atoms with van der Waals surface area (Å²) in [7, 11) is 1.50. The summed E-state index contributed by atoms with van der Waals surface area (Å²) in [5.74, 6) is -2.10. The van der Waals surface area contributed by atoms with Gasteiger partial charge in [0.1, 0.15) is 6.04 Å². The maximum absolute atomic E-state index is 13.3. The monoisotopic (exact) mass is 715 g/mol. The van der Waals surface area contributed by atoms with Crippen molar-refractivity contribution >= 4 is 60.8 Å². The van der Waals surface area contributed by atoms with Crippen molar-refractivity contribution in [3.8, 4) is 0 Å². The van der Waals surface area contributed by atoms with Crippen molar-refractivity contribution in [2.24, 2.45) is 17.2 Å². The highest BCUT2D eigenvalue weighted by atomic mass is 35.5. The van der Waals surface area contributed by atoms with E-state index < -0.39 is 41.5 Å². The summed E-state index contributed by atoms with van der Waals surface area (Å²) in [6, 6.07) is 10.9. The fraction of sp³-hybridized carbons (Fsp3) is 0.448. The van der Waals surface area contributed by atoms with E-state index in [0.717, 1.165) is 29.8 Å². The fourth-order valence-corrected chi connectivity index (χ4v) is 4.20. The Morgan fingerprint density at radius 2 is 1.43 bits per heavy atom. The molecule has 2 aromatic carbocycles. The first kappa shape index (κ1) is 45.0. The van der Waals surface area contributed by atoms with Crippen molar-refractivity contribution < 1.29 is 32.3 Å². The van der Waals surface area contributed by atoms with Gasteiger partial charge >= 0.3 is 6.18 Å². The largest absolute Gasteiger partial charge is 0.416 e. The van der Waals surface area contributed by atoms with Gasteiger partial charge in [0, 0.05) is 51.9 Å². The number of likely N-dealkylation sites (N-methyl/N-ethyl adjacent to an activating group) is 1. The molecule has 0 aromatic heterocycles. The number of aryl methyl sites for hydroxylation is 1. The molecule has 0 heterocycles. The minimum atomic E-state index is -4.51. The van der Waals surface area contributed by atoms with Gasteiger partial charge in [0.25, 0.3) is 5.91 Å². The molecule has 11 nitrogen and oxygen atoms in total. The number of halogens is 6. The van der Waals surface area contributed by atoms with Crippen LogP contribution in [0.3, 0.4) is 0 Å². The number of benzene rings is 2. The Bertz CT molecular complexity index is 1210. The van der Waals surface area contributed by atoms with Crippen LogP contribution < -0.4 is 27.8 Å². The molecule has 17 heteroatoms. The van der Waals surface area contributed by atoms with Crippen molar-refractivity contribution in [1.82, 2.24) is 20.4 Å². The average molecular weight is 717 g/mol. The zero-order chi connectivity index (χ0) is 32.0. The van der Waals surface area contributed by atoms with E-state index in [1.165, 1.54) is 16.8 Å². The number of amides is 4. The van der Waals surface area contributed by atoms with Crippen LogP contribution in [0.1, 0.15) is 34.3 Å². The van der Waals surface area contributed by atoms with Gasteiger partial charge in [-0.15, -0.1) is 37.2 Å². The molecule has 0 saturated carbocycles. The van der Waals surface area contributed by atoms with Gasteiger partial charge in [0.05, 0.1) is 18.0 Å². The van der Waals surface area contributed by atoms with Gasteiger partial charge in [-0.25, -0.2) is 0 Å². The minimum Gasteiger partial charge on any atom is -0.350 e. The van der Waals surface area contributed by atoms with E-state index in [2.05, 4.69) is 10.6 Å². The molecule has 260 valence electrons. The number of nitrogens with one attached hydrogen (secondary N) is 2. The van der Waals surface area contributed by atoms with Gasteiger partial charge in [0.15, 0.2) is 0 Å². The lowest BCUT2D eigenvalue weighted by Crippen LogP contribution is -2.54. The molecule has 0 bridgehead atoms.